The fraction of sp³-hybridized carbons (Fsp3) is 0.360. The Morgan fingerprint density at radius 3 is 2.45 bits per heavy atom. The molecule has 3 aromatic rings. The summed E-state index contributed by atoms with van der Waals surface area (Å²) in [5, 5.41) is 14.0. The molecule has 0 fully saturated rings. The van der Waals surface area contributed by atoms with Gasteiger partial charge in [-0.25, -0.2) is 0 Å². The molecule has 33 heavy (non-hydrogen) atoms. The molecule has 0 aliphatic heterocycles. The van der Waals surface area contributed by atoms with Crippen LogP contribution < -0.4 is 10.1 Å². The van der Waals surface area contributed by atoms with E-state index in [9.17, 15) is 9.59 Å². The van der Waals surface area contributed by atoms with Crippen LogP contribution in [0.25, 0.3) is 11.3 Å². The van der Waals surface area contributed by atoms with Crippen molar-refractivity contribution in [2.75, 3.05) is 6.54 Å². The van der Waals surface area contributed by atoms with Crippen molar-refractivity contribution in [3.05, 3.63) is 69.6 Å². The molecule has 8 heteroatoms. The summed E-state index contributed by atoms with van der Waals surface area (Å²) >= 11 is 1.40. The summed E-state index contributed by atoms with van der Waals surface area (Å²) in [6, 6.07) is 11.7. The smallest absolute Gasteiger partial charge is 0.281 e. The van der Waals surface area contributed by atoms with E-state index in [4.69, 9.17) is 5.11 Å². The van der Waals surface area contributed by atoms with Gasteiger partial charge >= 0.3 is 0 Å². The lowest BCUT2D eigenvalue weighted by atomic mass is 9.86. The Labute approximate surface area is 197 Å². The number of hydrogen-bond acceptors (Lipinski definition) is 5. The number of aliphatic hydroxyl groups is 1. The van der Waals surface area contributed by atoms with E-state index in [1.807, 2.05) is 9.95 Å². The van der Waals surface area contributed by atoms with Gasteiger partial charge in [0.25, 0.3) is 5.91 Å². The lowest BCUT2D eigenvalue weighted by Gasteiger charge is -2.19. The van der Waals surface area contributed by atoms with Crippen LogP contribution in [0.3, 0.4) is 0 Å². The Balaban J connectivity index is 1.95. The number of nitrogens with one attached hydrogen (secondary N) is 1. The predicted octanol–water partition coefficient (Wildman–Crippen LogP) is 3.67. The third kappa shape index (κ3) is 6.46. The minimum Gasteiger partial charge on any atom is -0.390 e. The van der Waals surface area contributed by atoms with E-state index in [0.29, 0.717) is 35.6 Å². The number of nitrogens with zero attached hydrogens (tertiary/aromatic N) is 3. The largest absolute Gasteiger partial charge is 0.390 e. The van der Waals surface area contributed by atoms with Crippen molar-refractivity contribution in [2.45, 2.75) is 52.7 Å². The van der Waals surface area contributed by atoms with E-state index in [1.165, 1.54) is 30.0 Å². The maximum atomic E-state index is 12.8. The third-order valence-corrected chi connectivity index (χ3v) is 6.07. The number of hydrogen-bond donors (Lipinski definition) is 2. The maximum Gasteiger partial charge on any atom is 0.281 e. The third-order valence-electron chi connectivity index (χ3n) is 5.21. The normalized spacial score (nSPS) is 12.1. The Kier molecular flexibility index (Phi) is 7.94. The van der Waals surface area contributed by atoms with Crippen molar-refractivity contribution in [2.24, 2.45) is 4.99 Å². The highest BCUT2D eigenvalue weighted by atomic mass is 32.1. The number of benzene rings is 1. The first-order valence-electron chi connectivity index (χ1n) is 10.9. The van der Waals surface area contributed by atoms with Gasteiger partial charge in [0.15, 0.2) is 4.80 Å². The molecule has 3 rings (SSSR count). The number of rotatable bonds is 7. The molecule has 1 aromatic carbocycles. The van der Waals surface area contributed by atoms with E-state index < -0.39 is 0 Å². The summed E-state index contributed by atoms with van der Waals surface area (Å²) < 4.78 is 2.02. The highest BCUT2D eigenvalue weighted by Crippen LogP contribution is 2.26. The molecule has 0 atom stereocenters. The fourth-order valence-electron chi connectivity index (χ4n) is 3.30. The molecule has 0 saturated carbocycles. The molecular formula is C25H30N4O3S. The molecule has 0 radical (unpaired) electrons. The maximum absolute atomic E-state index is 12.8. The molecule has 0 aliphatic rings. The van der Waals surface area contributed by atoms with Gasteiger partial charge in [0, 0.05) is 31.6 Å². The highest BCUT2D eigenvalue weighted by Gasteiger charge is 2.15. The number of carbonyl (C=O) groups excluding carboxylic acids is 2. The van der Waals surface area contributed by atoms with Crippen LogP contribution in [-0.2, 0) is 23.4 Å². The fourth-order valence-corrected chi connectivity index (χ4v) is 4.24. The van der Waals surface area contributed by atoms with Crippen molar-refractivity contribution in [3.8, 4) is 11.3 Å². The Bertz CT molecular complexity index is 1170. The van der Waals surface area contributed by atoms with Gasteiger partial charge in [-0.1, -0.05) is 45.0 Å². The molecule has 2 N–H and O–H groups in total. The molecule has 0 saturated heterocycles. The van der Waals surface area contributed by atoms with Crippen molar-refractivity contribution in [1.82, 2.24) is 14.9 Å². The first-order valence-corrected chi connectivity index (χ1v) is 11.8. The standard InChI is InChI=1S/C25H30N4O3S/c1-17(31)26-12-5-13-29-22(18-6-9-20(10-7-18)25(2,3)4)16-33-24(29)28-23(32)19-8-11-21(15-30)27-14-19/h6-11,14,16,30H,5,12-13,15H2,1-4H3,(H,26,31). The lowest BCUT2D eigenvalue weighted by molar-refractivity contribution is -0.118. The average Bonchev–Trinajstić information content (AvgIpc) is 3.18. The molecule has 0 bridgehead atoms. The van der Waals surface area contributed by atoms with Crippen molar-refractivity contribution in [1.29, 1.82) is 0 Å². The van der Waals surface area contributed by atoms with Gasteiger partial charge in [-0.2, -0.15) is 4.99 Å². The monoisotopic (exact) mass is 466 g/mol. The second-order valence-electron chi connectivity index (χ2n) is 8.83. The average molecular weight is 467 g/mol. The molecule has 0 aliphatic carbocycles. The first-order chi connectivity index (χ1) is 15.7. The van der Waals surface area contributed by atoms with Crippen LogP contribution in [-0.4, -0.2) is 33.0 Å². The van der Waals surface area contributed by atoms with Crippen LogP contribution in [0.5, 0.6) is 0 Å². The van der Waals surface area contributed by atoms with Gasteiger partial charge in [0.05, 0.1) is 23.6 Å². The van der Waals surface area contributed by atoms with Crippen LogP contribution in [0.1, 0.15) is 55.7 Å². The van der Waals surface area contributed by atoms with Crippen molar-refractivity contribution >= 4 is 23.2 Å². The molecule has 0 spiro atoms. The van der Waals surface area contributed by atoms with Crippen LogP contribution in [0.15, 0.2) is 53.0 Å². The molecule has 7 nitrogen and oxygen atoms in total. The summed E-state index contributed by atoms with van der Waals surface area (Å²) in [6.45, 7) is 9.00. The second kappa shape index (κ2) is 10.7. The molecule has 0 unspecified atom stereocenters. The number of pyridine rings is 1. The second-order valence-corrected chi connectivity index (χ2v) is 9.67. The van der Waals surface area contributed by atoms with Crippen LogP contribution in [0.2, 0.25) is 0 Å². The van der Waals surface area contributed by atoms with E-state index in [-0.39, 0.29) is 23.8 Å². The summed E-state index contributed by atoms with van der Waals surface area (Å²) in [6.07, 6.45) is 2.13. The Hall–Kier alpha value is -3.10. The van der Waals surface area contributed by atoms with Gasteiger partial charge < -0.3 is 15.0 Å². The molecule has 174 valence electrons. The summed E-state index contributed by atoms with van der Waals surface area (Å²) in [5.74, 6) is -0.457. The topological polar surface area (TPSA) is 96.6 Å². The van der Waals surface area contributed by atoms with Crippen LogP contribution in [0.4, 0.5) is 0 Å². The van der Waals surface area contributed by atoms with Crippen LogP contribution >= 0.6 is 11.3 Å². The predicted molar refractivity (Wildman–Crippen MR) is 130 cm³/mol. The summed E-state index contributed by atoms with van der Waals surface area (Å²) in [7, 11) is 0. The van der Waals surface area contributed by atoms with Gasteiger partial charge in [0.2, 0.25) is 5.91 Å². The molecule has 2 heterocycles. The van der Waals surface area contributed by atoms with Gasteiger partial charge in [-0.3, -0.25) is 14.6 Å². The zero-order valence-electron chi connectivity index (χ0n) is 19.5. The lowest BCUT2D eigenvalue weighted by Crippen LogP contribution is -2.24. The first kappa shape index (κ1) is 24.5. The van der Waals surface area contributed by atoms with E-state index >= 15 is 0 Å². The number of amides is 2. The minimum atomic E-state index is -0.390. The summed E-state index contributed by atoms with van der Waals surface area (Å²) in [4.78, 5) is 33.0. The van der Waals surface area contributed by atoms with Crippen LogP contribution in [0, 0.1) is 0 Å². The summed E-state index contributed by atoms with van der Waals surface area (Å²) in [5.41, 5.74) is 4.19. The Morgan fingerprint density at radius 2 is 1.88 bits per heavy atom. The number of carbonyl (C=O) groups is 2. The van der Waals surface area contributed by atoms with E-state index in [1.54, 1.807) is 12.1 Å². The quantitative estimate of drug-likeness (QED) is 0.519. The zero-order valence-corrected chi connectivity index (χ0v) is 20.3. The Morgan fingerprint density at radius 1 is 1.15 bits per heavy atom. The minimum absolute atomic E-state index is 0.0635. The number of aliphatic hydroxyl groups excluding tert-OH is 1. The van der Waals surface area contributed by atoms with Gasteiger partial charge in [-0.15, -0.1) is 11.3 Å². The molecular weight excluding hydrogens is 436 g/mol. The zero-order chi connectivity index (χ0) is 24.0. The van der Waals surface area contributed by atoms with E-state index in [2.05, 4.69) is 60.3 Å². The number of aromatic nitrogens is 2. The molecule has 2 aromatic heterocycles. The van der Waals surface area contributed by atoms with Gasteiger partial charge in [-0.05, 0) is 35.1 Å². The highest BCUT2D eigenvalue weighted by molar-refractivity contribution is 7.07. The van der Waals surface area contributed by atoms with Crippen molar-refractivity contribution < 1.29 is 14.7 Å². The van der Waals surface area contributed by atoms with Gasteiger partial charge in [0.1, 0.15) is 0 Å². The van der Waals surface area contributed by atoms with E-state index in [0.717, 1.165) is 11.3 Å². The SMILES string of the molecule is CC(=O)NCCCn1c(-c2ccc(C(C)(C)C)cc2)csc1=NC(=O)c1ccc(CO)nc1. The molecule has 2 amide bonds. The van der Waals surface area contributed by atoms with Crippen molar-refractivity contribution in [3.63, 3.8) is 0 Å². The number of thiazole rings is 1.